The Hall–Kier alpha value is -0.550. The zero-order valence-corrected chi connectivity index (χ0v) is 7.59. The van der Waals surface area contributed by atoms with Crippen LogP contribution in [-0.4, -0.2) is 24.0 Å². The molecule has 0 aromatic carbocycles. The van der Waals surface area contributed by atoms with Crippen molar-refractivity contribution in [2.45, 2.75) is 32.2 Å². The number of likely N-dealkylation sites (tertiary alicyclic amines) is 1. The highest BCUT2D eigenvalue weighted by Crippen LogP contribution is 2.32. The van der Waals surface area contributed by atoms with Crippen LogP contribution >= 0.6 is 0 Å². The van der Waals surface area contributed by atoms with Crippen LogP contribution in [0.1, 0.15) is 26.7 Å². The van der Waals surface area contributed by atoms with Crippen molar-refractivity contribution in [1.29, 1.82) is 5.26 Å². The molecule has 1 aliphatic heterocycles. The molecule has 0 spiro atoms. The van der Waals surface area contributed by atoms with Crippen LogP contribution in [0.4, 0.5) is 0 Å². The average Bonchev–Trinajstić information content (AvgIpc) is 2.08. The molecular weight excluding hydrogens is 136 g/mol. The van der Waals surface area contributed by atoms with E-state index in [1.54, 1.807) is 0 Å². The molecule has 1 rings (SSSR count). The standard InChI is InChI=1S/C9H16N2/c1-9(2)6-8(4-5-10)7-11(9)3/h8H,4,6-7H2,1-3H3. The Balaban J connectivity index is 2.52. The number of nitriles is 1. The minimum absolute atomic E-state index is 0.307. The van der Waals surface area contributed by atoms with Crippen LogP contribution in [0.3, 0.4) is 0 Å². The smallest absolute Gasteiger partial charge is 0.0625 e. The summed E-state index contributed by atoms with van der Waals surface area (Å²) in [6, 6.07) is 2.24. The van der Waals surface area contributed by atoms with Crippen molar-refractivity contribution in [3.8, 4) is 6.07 Å². The highest BCUT2D eigenvalue weighted by molar-refractivity contribution is 4.93. The van der Waals surface area contributed by atoms with Gasteiger partial charge in [0.05, 0.1) is 6.07 Å². The Morgan fingerprint density at radius 3 is 2.64 bits per heavy atom. The Bertz CT molecular complexity index is 178. The minimum atomic E-state index is 0.307. The molecule has 0 saturated carbocycles. The van der Waals surface area contributed by atoms with E-state index in [1.807, 2.05) is 0 Å². The van der Waals surface area contributed by atoms with E-state index in [0.29, 0.717) is 17.9 Å². The van der Waals surface area contributed by atoms with E-state index in [-0.39, 0.29) is 0 Å². The molecule has 0 amide bonds. The molecule has 2 nitrogen and oxygen atoms in total. The van der Waals surface area contributed by atoms with E-state index in [1.165, 1.54) is 0 Å². The normalized spacial score (nSPS) is 30.2. The fraction of sp³-hybridized carbons (Fsp3) is 0.889. The molecule has 0 bridgehead atoms. The van der Waals surface area contributed by atoms with Gasteiger partial charge in [0.2, 0.25) is 0 Å². The van der Waals surface area contributed by atoms with Gasteiger partial charge in [-0.1, -0.05) is 0 Å². The van der Waals surface area contributed by atoms with E-state index >= 15 is 0 Å². The number of rotatable bonds is 1. The summed E-state index contributed by atoms with van der Waals surface area (Å²) in [5.74, 6) is 0.597. The minimum Gasteiger partial charge on any atom is -0.301 e. The summed E-state index contributed by atoms with van der Waals surface area (Å²) < 4.78 is 0. The lowest BCUT2D eigenvalue weighted by Gasteiger charge is -2.26. The first-order valence-corrected chi connectivity index (χ1v) is 4.14. The van der Waals surface area contributed by atoms with Gasteiger partial charge in [0, 0.05) is 18.5 Å². The molecule has 0 radical (unpaired) electrons. The van der Waals surface area contributed by atoms with Gasteiger partial charge in [-0.2, -0.15) is 5.26 Å². The molecule has 1 atom stereocenters. The zero-order valence-electron chi connectivity index (χ0n) is 7.59. The molecule has 1 saturated heterocycles. The van der Waals surface area contributed by atoms with Gasteiger partial charge in [0.15, 0.2) is 0 Å². The summed E-state index contributed by atoms with van der Waals surface area (Å²) in [6.07, 6.45) is 1.88. The molecule has 62 valence electrons. The van der Waals surface area contributed by atoms with Gasteiger partial charge in [0.1, 0.15) is 0 Å². The number of hydrogen-bond donors (Lipinski definition) is 0. The van der Waals surface area contributed by atoms with Crippen LogP contribution in [0.2, 0.25) is 0 Å². The molecular formula is C9H16N2. The van der Waals surface area contributed by atoms with Crippen molar-refractivity contribution in [2.75, 3.05) is 13.6 Å². The first-order chi connectivity index (χ1) is 5.06. The molecule has 0 aromatic heterocycles. The van der Waals surface area contributed by atoms with Crippen LogP contribution in [0.25, 0.3) is 0 Å². The van der Waals surface area contributed by atoms with Crippen molar-refractivity contribution >= 4 is 0 Å². The summed E-state index contributed by atoms with van der Waals surface area (Å²) >= 11 is 0. The van der Waals surface area contributed by atoms with Gasteiger partial charge in [-0.05, 0) is 33.2 Å². The van der Waals surface area contributed by atoms with Crippen molar-refractivity contribution in [1.82, 2.24) is 4.90 Å². The molecule has 11 heavy (non-hydrogen) atoms. The van der Waals surface area contributed by atoms with Crippen LogP contribution in [-0.2, 0) is 0 Å². The fourth-order valence-corrected chi connectivity index (χ4v) is 1.83. The van der Waals surface area contributed by atoms with Gasteiger partial charge >= 0.3 is 0 Å². The quantitative estimate of drug-likeness (QED) is 0.571. The van der Waals surface area contributed by atoms with Gasteiger partial charge in [0.25, 0.3) is 0 Å². The molecule has 1 heterocycles. The predicted molar refractivity (Wildman–Crippen MR) is 45.0 cm³/mol. The Labute approximate surface area is 68.8 Å². The van der Waals surface area contributed by atoms with Crippen LogP contribution in [0.5, 0.6) is 0 Å². The van der Waals surface area contributed by atoms with E-state index < -0.39 is 0 Å². The molecule has 1 unspecified atom stereocenters. The van der Waals surface area contributed by atoms with Crippen molar-refractivity contribution in [3.63, 3.8) is 0 Å². The van der Waals surface area contributed by atoms with Crippen molar-refractivity contribution in [3.05, 3.63) is 0 Å². The Kier molecular flexibility index (Phi) is 2.20. The second-order valence-corrected chi connectivity index (χ2v) is 4.13. The lowest BCUT2D eigenvalue weighted by molar-refractivity contribution is 0.218. The average molecular weight is 152 g/mol. The molecule has 2 heteroatoms. The third-order valence-electron chi connectivity index (χ3n) is 2.73. The molecule has 0 aliphatic carbocycles. The number of nitrogens with zero attached hydrogens (tertiary/aromatic N) is 2. The zero-order chi connectivity index (χ0) is 8.48. The lowest BCUT2D eigenvalue weighted by Crippen LogP contribution is -2.34. The van der Waals surface area contributed by atoms with E-state index in [0.717, 1.165) is 13.0 Å². The molecule has 0 aromatic rings. The summed E-state index contributed by atoms with van der Waals surface area (Å²) in [4.78, 5) is 2.34. The Morgan fingerprint density at radius 1 is 1.64 bits per heavy atom. The second-order valence-electron chi connectivity index (χ2n) is 4.13. The van der Waals surface area contributed by atoms with E-state index in [9.17, 15) is 0 Å². The van der Waals surface area contributed by atoms with Gasteiger partial charge in [-0.15, -0.1) is 0 Å². The summed E-state index contributed by atoms with van der Waals surface area (Å²) in [7, 11) is 2.14. The van der Waals surface area contributed by atoms with Crippen LogP contribution < -0.4 is 0 Å². The topological polar surface area (TPSA) is 27.0 Å². The summed E-state index contributed by atoms with van der Waals surface area (Å²) in [6.45, 7) is 5.56. The van der Waals surface area contributed by atoms with Crippen LogP contribution in [0.15, 0.2) is 0 Å². The van der Waals surface area contributed by atoms with Gasteiger partial charge in [-0.25, -0.2) is 0 Å². The molecule has 1 fully saturated rings. The third kappa shape index (κ3) is 1.72. The highest BCUT2D eigenvalue weighted by Gasteiger charge is 2.35. The summed E-state index contributed by atoms with van der Waals surface area (Å²) in [5.41, 5.74) is 0.307. The Morgan fingerprint density at radius 2 is 2.27 bits per heavy atom. The van der Waals surface area contributed by atoms with Crippen molar-refractivity contribution < 1.29 is 0 Å². The monoisotopic (exact) mass is 152 g/mol. The predicted octanol–water partition coefficient (Wildman–Crippen LogP) is 1.63. The molecule has 1 aliphatic rings. The summed E-state index contributed by atoms with van der Waals surface area (Å²) in [5, 5.41) is 8.51. The van der Waals surface area contributed by atoms with E-state index in [4.69, 9.17) is 5.26 Å². The molecule has 0 N–H and O–H groups in total. The van der Waals surface area contributed by atoms with Crippen molar-refractivity contribution in [2.24, 2.45) is 5.92 Å². The maximum atomic E-state index is 8.51. The van der Waals surface area contributed by atoms with Gasteiger partial charge < -0.3 is 4.90 Å². The lowest BCUT2D eigenvalue weighted by atomic mass is 9.95. The maximum Gasteiger partial charge on any atom is 0.0625 e. The fourth-order valence-electron chi connectivity index (χ4n) is 1.83. The van der Waals surface area contributed by atoms with Crippen LogP contribution in [0, 0.1) is 17.2 Å². The maximum absolute atomic E-state index is 8.51. The highest BCUT2D eigenvalue weighted by atomic mass is 15.2. The third-order valence-corrected chi connectivity index (χ3v) is 2.73. The second kappa shape index (κ2) is 2.83. The largest absolute Gasteiger partial charge is 0.301 e. The van der Waals surface area contributed by atoms with E-state index in [2.05, 4.69) is 31.9 Å². The van der Waals surface area contributed by atoms with Gasteiger partial charge in [-0.3, -0.25) is 0 Å². The first kappa shape index (κ1) is 8.55. The number of hydrogen-bond acceptors (Lipinski definition) is 2. The first-order valence-electron chi connectivity index (χ1n) is 4.14. The SMILES string of the molecule is CN1CC(CC#N)CC1(C)C.